The second kappa shape index (κ2) is 5.78. The van der Waals surface area contributed by atoms with Gasteiger partial charge >= 0.3 is 0 Å². The number of hydrogen-bond donors (Lipinski definition) is 1. The summed E-state index contributed by atoms with van der Waals surface area (Å²) < 4.78 is 0. The molecule has 3 heteroatoms. The van der Waals surface area contributed by atoms with Gasteiger partial charge < -0.3 is 5.32 Å². The van der Waals surface area contributed by atoms with Crippen molar-refractivity contribution in [3.05, 3.63) is 28.2 Å². The molecular formula is C14H22N2S. The van der Waals surface area contributed by atoms with Crippen LogP contribution >= 0.6 is 11.3 Å². The molecule has 0 amide bonds. The van der Waals surface area contributed by atoms with Crippen LogP contribution in [0.2, 0.25) is 0 Å². The van der Waals surface area contributed by atoms with Gasteiger partial charge in [-0.05, 0) is 45.1 Å². The molecule has 0 radical (unpaired) electrons. The molecule has 1 heterocycles. The van der Waals surface area contributed by atoms with E-state index in [2.05, 4.69) is 37.1 Å². The van der Waals surface area contributed by atoms with Gasteiger partial charge in [0.05, 0.1) is 6.04 Å². The summed E-state index contributed by atoms with van der Waals surface area (Å²) in [7, 11) is 0. The zero-order valence-electron chi connectivity index (χ0n) is 10.9. The third-order valence-electron chi connectivity index (χ3n) is 3.42. The molecule has 1 aromatic rings. The zero-order valence-corrected chi connectivity index (χ0v) is 11.8. The van der Waals surface area contributed by atoms with E-state index in [9.17, 15) is 0 Å². The molecule has 0 bridgehead atoms. The molecule has 2 nitrogen and oxygen atoms in total. The van der Waals surface area contributed by atoms with Crippen LogP contribution in [0.1, 0.15) is 44.7 Å². The van der Waals surface area contributed by atoms with Crippen LogP contribution in [0.15, 0.2) is 23.2 Å². The molecule has 0 saturated carbocycles. The van der Waals surface area contributed by atoms with Gasteiger partial charge in [-0.3, -0.25) is 0 Å². The van der Waals surface area contributed by atoms with E-state index in [1.165, 1.54) is 17.8 Å². The van der Waals surface area contributed by atoms with Crippen molar-refractivity contribution in [1.82, 2.24) is 10.3 Å². The standard InChI is InChI=1S/C14H22N2S/c1-10-6-11(2)8-13(7-10)9-16-12(3)14-15-4-5-17-14/h4-6,10,12-13,16H,7-9H2,1-3H3. The first kappa shape index (κ1) is 12.8. The lowest BCUT2D eigenvalue weighted by Gasteiger charge is -2.26. The third kappa shape index (κ3) is 3.65. The Morgan fingerprint density at radius 3 is 3.06 bits per heavy atom. The monoisotopic (exact) mass is 250 g/mol. The van der Waals surface area contributed by atoms with Crippen LogP contribution in [0.4, 0.5) is 0 Å². The molecule has 3 atom stereocenters. The van der Waals surface area contributed by atoms with Gasteiger partial charge in [0.1, 0.15) is 5.01 Å². The summed E-state index contributed by atoms with van der Waals surface area (Å²) in [5, 5.41) is 6.86. The molecule has 2 rings (SSSR count). The molecule has 0 fully saturated rings. The van der Waals surface area contributed by atoms with E-state index in [-0.39, 0.29) is 0 Å². The Kier molecular flexibility index (Phi) is 4.35. The first-order valence-corrected chi connectivity index (χ1v) is 7.33. The Bertz CT molecular complexity index is 370. The van der Waals surface area contributed by atoms with Gasteiger partial charge in [-0.15, -0.1) is 11.3 Å². The first-order valence-electron chi connectivity index (χ1n) is 6.45. The predicted octanol–water partition coefficient (Wildman–Crippen LogP) is 3.79. The Morgan fingerprint density at radius 1 is 1.59 bits per heavy atom. The fourth-order valence-electron chi connectivity index (χ4n) is 2.72. The maximum Gasteiger partial charge on any atom is 0.109 e. The van der Waals surface area contributed by atoms with E-state index in [4.69, 9.17) is 0 Å². The second-order valence-corrected chi connectivity index (χ2v) is 6.22. The molecule has 1 aromatic heterocycles. The highest BCUT2D eigenvalue weighted by Gasteiger charge is 2.19. The van der Waals surface area contributed by atoms with Crippen LogP contribution < -0.4 is 5.32 Å². The Hall–Kier alpha value is -0.670. The van der Waals surface area contributed by atoms with Crippen molar-refractivity contribution in [2.75, 3.05) is 6.54 Å². The number of aromatic nitrogens is 1. The highest BCUT2D eigenvalue weighted by Crippen LogP contribution is 2.27. The van der Waals surface area contributed by atoms with Gasteiger partial charge in [0.15, 0.2) is 0 Å². The van der Waals surface area contributed by atoms with Crippen molar-refractivity contribution in [3.8, 4) is 0 Å². The van der Waals surface area contributed by atoms with E-state index in [0.717, 1.165) is 18.4 Å². The van der Waals surface area contributed by atoms with Gasteiger partial charge in [-0.25, -0.2) is 4.98 Å². The summed E-state index contributed by atoms with van der Waals surface area (Å²) in [6, 6.07) is 0.386. The van der Waals surface area contributed by atoms with Crippen molar-refractivity contribution < 1.29 is 0 Å². The van der Waals surface area contributed by atoms with Crippen molar-refractivity contribution in [1.29, 1.82) is 0 Å². The van der Waals surface area contributed by atoms with E-state index in [1.54, 1.807) is 16.9 Å². The molecule has 94 valence electrons. The van der Waals surface area contributed by atoms with E-state index in [0.29, 0.717) is 6.04 Å². The Balaban J connectivity index is 1.81. The van der Waals surface area contributed by atoms with Crippen LogP contribution in [-0.2, 0) is 0 Å². The zero-order chi connectivity index (χ0) is 12.3. The third-order valence-corrected chi connectivity index (χ3v) is 4.38. The molecule has 0 spiro atoms. The van der Waals surface area contributed by atoms with Crippen LogP contribution in [0.3, 0.4) is 0 Å². The fraction of sp³-hybridized carbons (Fsp3) is 0.643. The van der Waals surface area contributed by atoms with Crippen LogP contribution in [0.25, 0.3) is 0 Å². The van der Waals surface area contributed by atoms with Crippen LogP contribution in [0.5, 0.6) is 0 Å². The Labute approximate surface area is 108 Å². The molecular weight excluding hydrogens is 228 g/mol. The summed E-state index contributed by atoms with van der Waals surface area (Å²) in [6.07, 6.45) is 6.87. The lowest BCUT2D eigenvalue weighted by Crippen LogP contribution is -2.28. The Morgan fingerprint density at radius 2 is 2.41 bits per heavy atom. The molecule has 1 aliphatic rings. The molecule has 0 aliphatic heterocycles. The number of rotatable bonds is 4. The molecule has 17 heavy (non-hydrogen) atoms. The highest BCUT2D eigenvalue weighted by atomic mass is 32.1. The average Bonchev–Trinajstić information content (AvgIpc) is 2.78. The first-order chi connectivity index (χ1) is 8.15. The van der Waals surface area contributed by atoms with Crippen molar-refractivity contribution in [2.45, 2.75) is 39.7 Å². The number of nitrogens with zero attached hydrogens (tertiary/aromatic N) is 1. The number of nitrogens with one attached hydrogen (secondary N) is 1. The van der Waals surface area contributed by atoms with Crippen molar-refractivity contribution in [3.63, 3.8) is 0 Å². The number of thiazole rings is 1. The maximum absolute atomic E-state index is 4.35. The lowest BCUT2D eigenvalue weighted by atomic mass is 9.83. The summed E-state index contributed by atoms with van der Waals surface area (Å²) >= 11 is 1.73. The molecule has 0 aromatic carbocycles. The summed E-state index contributed by atoms with van der Waals surface area (Å²) in [4.78, 5) is 4.35. The van der Waals surface area contributed by atoms with Crippen molar-refractivity contribution >= 4 is 11.3 Å². The topological polar surface area (TPSA) is 24.9 Å². The van der Waals surface area contributed by atoms with Gasteiger partial charge in [0.2, 0.25) is 0 Å². The number of hydrogen-bond acceptors (Lipinski definition) is 3. The second-order valence-electron chi connectivity index (χ2n) is 5.30. The minimum atomic E-state index is 0.386. The fourth-order valence-corrected chi connectivity index (χ4v) is 3.39. The summed E-state index contributed by atoms with van der Waals surface area (Å²) in [6.45, 7) is 7.89. The van der Waals surface area contributed by atoms with Gasteiger partial charge in [-0.1, -0.05) is 18.6 Å². The smallest absolute Gasteiger partial charge is 0.109 e. The summed E-state index contributed by atoms with van der Waals surface area (Å²) in [5.41, 5.74) is 1.55. The predicted molar refractivity (Wildman–Crippen MR) is 74.2 cm³/mol. The molecule has 1 N–H and O–H groups in total. The maximum atomic E-state index is 4.35. The average molecular weight is 250 g/mol. The van der Waals surface area contributed by atoms with Gasteiger partial charge in [0, 0.05) is 11.6 Å². The van der Waals surface area contributed by atoms with Crippen LogP contribution in [-0.4, -0.2) is 11.5 Å². The van der Waals surface area contributed by atoms with Crippen molar-refractivity contribution in [2.24, 2.45) is 11.8 Å². The molecule has 1 aliphatic carbocycles. The van der Waals surface area contributed by atoms with E-state index in [1.807, 2.05) is 11.6 Å². The quantitative estimate of drug-likeness (QED) is 0.822. The number of allylic oxidation sites excluding steroid dienone is 2. The van der Waals surface area contributed by atoms with E-state index < -0.39 is 0 Å². The minimum Gasteiger partial charge on any atom is -0.308 e. The minimum absolute atomic E-state index is 0.386. The molecule has 0 saturated heterocycles. The lowest BCUT2D eigenvalue weighted by molar-refractivity contribution is 0.366. The van der Waals surface area contributed by atoms with Gasteiger partial charge in [0.25, 0.3) is 0 Å². The van der Waals surface area contributed by atoms with Gasteiger partial charge in [-0.2, -0.15) is 0 Å². The van der Waals surface area contributed by atoms with Crippen LogP contribution in [0, 0.1) is 11.8 Å². The highest BCUT2D eigenvalue weighted by molar-refractivity contribution is 7.09. The SMILES string of the molecule is CC1=CC(C)CC(CNC(C)c2nccs2)C1. The largest absolute Gasteiger partial charge is 0.308 e. The normalized spacial score (nSPS) is 26.6. The van der Waals surface area contributed by atoms with E-state index >= 15 is 0 Å². The summed E-state index contributed by atoms with van der Waals surface area (Å²) in [5.74, 6) is 1.53. The molecule has 3 unspecified atom stereocenters.